The summed E-state index contributed by atoms with van der Waals surface area (Å²) in [5, 5.41) is 10.0. The van der Waals surface area contributed by atoms with Gasteiger partial charge in [-0.3, -0.25) is 9.47 Å². The second kappa shape index (κ2) is 9.26. The van der Waals surface area contributed by atoms with Gasteiger partial charge in [-0.15, -0.1) is 0 Å². The van der Waals surface area contributed by atoms with Crippen molar-refractivity contribution in [3.8, 4) is 5.95 Å². The third-order valence-corrected chi connectivity index (χ3v) is 8.10. The van der Waals surface area contributed by atoms with E-state index >= 15 is 0 Å². The number of rotatable bonds is 5. The molecule has 3 aromatic heterocycles. The monoisotopic (exact) mass is 588 g/mol. The first-order valence-electron chi connectivity index (χ1n) is 12.0. The van der Waals surface area contributed by atoms with Crippen molar-refractivity contribution in [1.29, 1.82) is 0 Å². The maximum atomic E-state index is 10.0. The Labute approximate surface area is 217 Å². The number of para-hydroxylation sites is 2. The van der Waals surface area contributed by atoms with Gasteiger partial charge in [-0.2, -0.15) is 9.97 Å². The SMILES string of the molecule is Cc1nc2ccccc2n1-c1nc(N2CCOCC2)c2nc(CN3CCC(C(O)I)C3)n(C)c2n1. The maximum Gasteiger partial charge on any atom is 0.239 e. The smallest absolute Gasteiger partial charge is 0.239 e. The molecule has 0 saturated carbocycles. The van der Waals surface area contributed by atoms with Crippen LogP contribution >= 0.6 is 22.6 Å². The highest BCUT2D eigenvalue weighted by atomic mass is 127. The molecule has 35 heavy (non-hydrogen) atoms. The number of hydrogen-bond acceptors (Lipinski definition) is 8. The largest absolute Gasteiger partial charge is 0.382 e. The van der Waals surface area contributed by atoms with Crippen LogP contribution in [0.1, 0.15) is 18.1 Å². The minimum absolute atomic E-state index is 0.304. The summed E-state index contributed by atoms with van der Waals surface area (Å²) in [4.78, 5) is 24.5. The zero-order chi connectivity index (χ0) is 24.1. The number of anilines is 1. The van der Waals surface area contributed by atoms with Crippen LogP contribution in [0.25, 0.3) is 28.1 Å². The van der Waals surface area contributed by atoms with Crippen molar-refractivity contribution in [2.24, 2.45) is 13.0 Å². The lowest BCUT2D eigenvalue weighted by molar-refractivity contribution is 0.122. The summed E-state index contributed by atoms with van der Waals surface area (Å²) < 4.78 is 9.41. The number of ether oxygens (including phenoxy) is 1. The molecule has 0 amide bonds. The molecule has 2 aliphatic rings. The molecule has 0 spiro atoms. The lowest BCUT2D eigenvalue weighted by atomic mass is 10.1. The van der Waals surface area contributed by atoms with Crippen molar-refractivity contribution in [1.82, 2.24) is 34.0 Å². The molecule has 2 saturated heterocycles. The summed E-state index contributed by atoms with van der Waals surface area (Å²) in [5.74, 6) is 3.56. The molecule has 10 nitrogen and oxygen atoms in total. The van der Waals surface area contributed by atoms with E-state index in [1.54, 1.807) is 0 Å². The normalized spacial score (nSPS) is 20.3. The number of benzene rings is 1. The number of nitrogens with zero attached hydrogens (tertiary/aromatic N) is 8. The fourth-order valence-electron chi connectivity index (χ4n) is 5.15. The molecular formula is C24H29IN8O2. The van der Waals surface area contributed by atoms with Gasteiger partial charge in [0.05, 0.1) is 30.8 Å². The fourth-order valence-corrected chi connectivity index (χ4v) is 5.73. The van der Waals surface area contributed by atoms with E-state index in [1.807, 2.05) is 36.7 Å². The van der Waals surface area contributed by atoms with E-state index in [0.29, 0.717) is 25.1 Å². The zero-order valence-corrected chi connectivity index (χ0v) is 22.1. The highest BCUT2D eigenvalue weighted by Crippen LogP contribution is 2.30. The molecule has 2 aliphatic heterocycles. The van der Waals surface area contributed by atoms with Crippen LogP contribution in [0.4, 0.5) is 5.82 Å². The predicted molar refractivity (Wildman–Crippen MR) is 142 cm³/mol. The van der Waals surface area contributed by atoms with Crippen LogP contribution in [-0.2, 0) is 18.3 Å². The second-order valence-electron chi connectivity index (χ2n) is 9.35. The molecule has 1 aromatic carbocycles. The topological polar surface area (TPSA) is 97.4 Å². The third-order valence-electron chi connectivity index (χ3n) is 7.08. The quantitative estimate of drug-likeness (QED) is 0.281. The Hall–Kier alpha value is -2.35. The van der Waals surface area contributed by atoms with E-state index in [2.05, 4.69) is 43.0 Å². The summed E-state index contributed by atoms with van der Waals surface area (Å²) >= 11 is 2.12. The number of alkyl halides is 1. The van der Waals surface area contributed by atoms with Gasteiger partial charge in [0, 0.05) is 32.6 Å². The average molecular weight is 588 g/mol. The molecule has 0 radical (unpaired) electrons. The Bertz CT molecular complexity index is 1380. The number of hydrogen-bond donors (Lipinski definition) is 1. The van der Waals surface area contributed by atoms with E-state index in [9.17, 15) is 5.11 Å². The van der Waals surface area contributed by atoms with E-state index in [-0.39, 0.29) is 4.11 Å². The van der Waals surface area contributed by atoms with Crippen molar-refractivity contribution in [2.45, 2.75) is 24.0 Å². The lowest BCUT2D eigenvalue weighted by Gasteiger charge is -2.28. The fraction of sp³-hybridized carbons (Fsp3) is 0.500. The Morgan fingerprint density at radius 2 is 1.91 bits per heavy atom. The number of aliphatic hydroxyl groups is 1. The van der Waals surface area contributed by atoms with Gasteiger partial charge < -0.3 is 19.3 Å². The van der Waals surface area contributed by atoms with Gasteiger partial charge in [0.25, 0.3) is 0 Å². The Morgan fingerprint density at radius 3 is 2.69 bits per heavy atom. The van der Waals surface area contributed by atoms with Gasteiger partial charge >= 0.3 is 0 Å². The Morgan fingerprint density at radius 1 is 1.11 bits per heavy atom. The average Bonchev–Trinajstić information content (AvgIpc) is 3.55. The minimum Gasteiger partial charge on any atom is -0.382 e. The van der Waals surface area contributed by atoms with Crippen LogP contribution in [0.2, 0.25) is 0 Å². The molecule has 1 N–H and O–H groups in total. The van der Waals surface area contributed by atoms with Crippen LogP contribution in [0.3, 0.4) is 0 Å². The molecule has 184 valence electrons. The van der Waals surface area contributed by atoms with Gasteiger partial charge in [-0.1, -0.05) is 34.7 Å². The van der Waals surface area contributed by atoms with Crippen molar-refractivity contribution in [2.75, 3.05) is 44.3 Å². The third kappa shape index (κ3) is 4.17. The number of fused-ring (bicyclic) bond motifs is 2. The van der Waals surface area contributed by atoms with E-state index in [4.69, 9.17) is 24.7 Å². The Balaban J connectivity index is 1.46. The van der Waals surface area contributed by atoms with Crippen molar-refractivity contribution in [3.05, 3.63) is 35.9 Å². The number of likely N-dealkylation sites (tertiary alicyclic amines) is 1. The van der Waals surface area contributed by atoms with Crippen molar-refractivity contribution in [3.63, 3.8) is 0 Å². The van der Waals surface area contributed by atoms with Gasteiger partial charge in [0.2, 0.25) is 5.95 Å². The molecule has 11 heteroatoms. The molecule has 0 aliphatic carbocycles. The number of aromatic nitrogens is 6. The van der Waals surface area contributed by atoms with Crippen molar-refractivity contribution >= 4 is 50.6 Å². The zero-order valence-electron chi connectivity index (χ0n) is 19.9. The summed E-state index contributed by atoms with van der Waals surface area (Å²) in [5.41, 5.74) is 3.54. The highest BCUT2D eigenvalue weighted by molar-refractivity contribution is 14.1. The first kappa shape index (κ1) is 23.1. The van der Waals surface area contributed by atoms with Crippen LogP contribution in [-0.4, -0.2) is 82.6 Å². The van der Waals surface area contributed by atoms with Crippen LogP contribution in [0.15, 0.2) is 24.3 Å². The van der Waals surface area contributed by atoms with E-state index in [0.717, 1.165) is 78.8 Å². The molecule has 2 unspecified atom stereocenters. The van der Waals surface area contributed by atoms with Crippen LogP contribution in [0, 0.1) is 12.8 Å². The molecule has 6 rings (SSSR count). The van der Waals surface area contributed by atoms with Gasteiger partial charge in [-0.05, 0) is 32.0 Å². The van der Waals surface area contributed by atoms with Gasteiger partial charge in [-0.25, -0.2) is 9.97 Å². The number of imidazole rings is 2. The molecule has 4 aromatic rings. The highest BCUT2D eigenvalue weighted by Gasteiger charge is 2.29. The number of aryl methyl sites for hydroxylation is 2. The molecule has 5 heterocycles. The van der Waals surface area contributed by atoms with Gasteiger partial charge in [0.1, 0.15) is 15.8 Å². The molecular weight excluding hydrogens is 559 g/mol. The number of morpholine rings is 1. The van der Waals surface area contributed by atoms with Gasteiger partial charge in [0.15, 0.2) is 17.0 Å². The minimum atomic E-state index is -0.312. The Kier molecular flexibility index (Phi) is 6.11. The number of aliphatic hydroxyl groups excluding tert-OH is 1. The van der Waals surface area contributed by atoms with E-state index < -0.39 is 0 Å². The van der Waals surface area contributed by atoms with Crippen LogP contribution < -0.4 is 4.90 Å². The molecule has 2 atom stereocenters. The molecule has 0 bridgehead atoms. The standard InChI is InChI=1S/C24H29IN8O2/c1-15-26-17-5-3-4-6-18(17)33(15)24-28-22-20(23(29-24)32-9-11-35-12-10-32)27-19(30(22)2)14-31-8-7-16(13-31)21(25)34/h3-6,16,21,34H,7-14H2,1-2H3. The summed E-state index contributed by atoms with van der Waals surface area (Å²) in [6.07, 6.45) is 1.00. The number of halogens is 1. The summed E-state index contributed by atoms with van der Waals surface area (Å²) in [6, 6.07) is 8.07. The second-order valence-corrected chi connectivity index (χ2v) is 10.6. The molecule has 2 fully saturated rings. The summed E-state index contributed by atoms with van der Waals surface area (Å²) in [6.45, 7) is 7.41. The van der Waals surface area contributed by atoms with Crippen LogP contribution in [0.5, 0.6) is 0 Å². The predicted octanol–water partition coefficient (Wildman–Crippen LogP) is 2.42. The summed E-state index contributed by atoms with van der Waals surface area (Å²) in [7, 11) is 2.03. The first-order valence-corrected chi connectivity index (χ1v) is 13.3. The van der Waals surface area contributed by atoms with Crippen molar-refractivity contribution < 1.29 is 9.84 Å². The lowest BCUT2D eigenvalue weighted by Crippen LogP contribution is -2.37. The maximum absolute atomic E-state index is 10.0. The first-order chi connectivity index (χ1) is 17.0. The van der Waals surface area contributed by atoms with E-state index in [1.165, 1.54) is 0 Å².